The van der Waals surface area contributed by atoms with Crippen molar-refractivity contribution in [2.45, 2.75) is 13.0 Å². The van der Waals surface area contributed by atoms with Crippen molar-refractivity contribution in [1.29, 1.82) is 0 Å². The highest BCUT2D eigenvalue weighted by molar-refractivity contribution is 6.35. The molecule has 2 nitrogen and oxygen atoms in total. The first-order valence-corrected chi connectivity index (χ1v) is 7.24. The molecule has 2 aromatic carbocycles. The molecule has 0 aromatic heterocycles. The third-order valence-electron chi connectivity index (χ3n) is 2.99. The molecule has 0 aliphatic carbocycles. The molecule has 1 unspecified atom stereocenters. The summed E-state index contributed by atoms with van der Waals surface area (Å²) in [6.07, 6.45) is 0. The fourth-order valence-electron chi connectivity index (χ4n) is 1.76. The minimum Gasteiger partial charge on any atom is -0.456 e. The fraction of sp³-hybridized carbons (Fsp3) is 0.200. The van der Waals surface area contributed by atoms with Gasteiger partial charge < -0.3 is 10.1 Å². The lowest BCUT2D eigenvalue weighted by Gasteiger charge is -2.14. The highest BCUT2D eigenvalue weighted by atomic mass is 35.5. The Hall–Kier alpha value is -0.930. The van der Waals surface area contributed by atoms with E-state index in [0.717, 1.165) is 5.56 Å². The van der Waals surface area contributed by atoms with E-state index in [1.807, 2.05) is 26.1 Å². The highest BCUT2D eigenvalue weighted by Crippen LogP contribution is 2.34. The van der Waals surface area contributed by atoms with Crippen molar-refractivity contribution in [3.63, 3.8) is 0 Å². The monoisotopic (exact) mass is 329 g/mol. The Kier molecular flexibility index (Phi) is 5.17. The normalized spacial score (nSPS) is 12.2. The highest BCUT2D eigenvalue weighted by Gasteiger charge is 2.10. The maximum absolute atomic E-state index is 6.26. The van der Waals surface area contributed by atoms with E-state index in [1.54, 1.807) is 24.3 Å². The average Bonchev–Trinajstić information content (AvgIpc) is 2.41. The number of nitrogens with one attached hydrogen (secondary N) is 1. The van der Waals surface area contributed by atoms with Gasteiger partial charge in [0.15, 0.2) is 0 Å². The van der Waals surface area contributed by atoms with Gasteiger partial charge in [0.1, 0.15) is 11.5 Å². The molecule has 2 rings (SSSR count). The van der Waals surface area contributed by atoms with Crippen LogP contribution in [0.5, 0.6) is 11.5 Å². The average molecular weight is 331 g/mol. The van der Waals surface area contributed by atoms with Crippen molar-refractivity contribution >= 4 is 34.8 Å². The summed E-state index contributed by atoms with van der Waals surface area (Å²) < 4.78 is 5.72. The van der Waals surface area contributed by atoms with Gasteiger partial charge in [-0.3, -0.25) is 0 Å². The van der Waals surface area contributed by atoms with Crippen LogP contribution in [0.3, 0.4) is 0 Å². The van der Waals surface area contributed by atoms with Crippen molar-refractivity contribution in [3.8, 4) is 11.5 Å². The summed E-state index contributed by atoms with van der Waals surface area (Å²) in [4.78, 5) is 0. The Bertz CT molecular complexity index is 616. The number of hydrogen-bond acceptors (Lipinski definition) is 2. The number of ether oxygens (including phenoxy) is 1. The smallest absolute Gasteiger partial charge is 0.146 e. The zero-order valence-corrected chi connectivity index (χ0v) is 13.4. The molecule has 2 aromatic rings. The number of halogens is 3. The Morgan fingerprint density at radius 3 is 2.35 bits per heavy atom. The van der Waals surface area contributed by atoms with Gasteiger partial charge in [-0.05, 0) is 49.9 Å². The molecule has 1 atom stereocenters. The summed E-state index contributed by atoms with van der Waals surface area (Å²) >= 11 is 18.2. The van der Waals surface area contributed by atoms with Gasteiger partial charge in [-0.15, -0.1) is 0 Å². The first-order valence-electron chi connectivity index (χ1n) is 6.11. The summed E-state index contributed by atoms with van der Waals surface area (Å²) in [5, 5.41) is 4.82. The van der Waals surface area contributed by atoms with Gasteiger partial charge in [-0.1, -0.05) is 40.9 Å². The summed E-state index contributed by atoms with van der Waals surface area (Å²) in [7, 11) is 1.89. The van der Waals surface area contributed by atoms with Gasteiger partial charge >= 0.3 is 0 Å². The van der Waals surface area contributed by atoms with Crippen LogP contribution in [0.25, 0.3) is 0 Å². The molecule has 0 saturated heterocycles. The van der Waals surface area contributed by atoms with E-state index in [0.29, 0.717) is 26.6 Å². The van der Waals surface area contributed by atoms with Gasteiger partial charge in [-0.25, -0.2) is 0 Å². The Balaban J connectivity index is 2.24. The topological polar surface area (TPSA) is 21.3 Å². The Morgan fingerprint density at radius 1 is 1.00 bits per heavy atom. The Morgan fingerprint density at radius 2 is 1.75 bits per heavy atom. The molecule has 0 amide bonds. The molecular weight excluding hydrogens is 317 g/mol. The van der Waals surface area contributed by atoms with Crippen LogP contribution in [0.1, 0.15) is 18.5 Å². The minimum absolute atomic E-state index is 0.177. The lowest BCUT2D eigenvalue weighted by Crippen LogP contribution is -2.12. The van der Waals surface area contributed by atoms with E-state index in [-0.39, 0.29) is 6.04 Å². The van der Waals surface area contributed by atoms with Gasteiger partial charge in [0.25, 0.3) is 0 Å². The summed E-state index contributed by atoms with van der Waals surface area (Å²) in [6, 6.07) is 10.8. The van der Waals surface area contributed by atoms with Gasteiger partial charge in [-0.2, -0.15) is 0 Å². The molecular formula is C15H14Cl3NO. The van der Waals surface area contributed by atoms with Crippen molar-refractivity contribution in [2.24, 2.45) is 0 Å². The molecule has 0 aliphatic heterocycles. The van der Waals surface area contributed by atoms with Crippen LogP contribution in [0.15, 0.2) is 36.4 Å². The maximum atomic E-state index is 6.26. The zero-order valence-electron chi connectivity index (χ0n) is 11.1. The van der Waals surface area contributed by atoms with E-state index in [1.165, 1.54) is 0 Å². The van der Waals surface area contributed by atoms with Crippen molar-refractivity contribution in [2.75, 3.05) is 7.05 Å². The quantitative estimate of drug-likeness (QED) is 0.774. The van der Waals surface area contributed by atoms with E-state index in [2.05, 4.69) is 5.32 Å². The lowest BCUT2D eigenvalue weighted by atomic mass is 10.1. The predicted octanol–water partition coefficient (Wildman–Crippen LogP) is 5.72. The molecule has 0 heterocycles. The molecule has 1 N–H and O–H groups in total. The predicted molar refractivity (Wildman–Crippen MR) is 85.5 cm³/mol. The summed E-state index contributed by atoms with van der Waals surface area (Å²) in [6.45, 7) is 2.04. The standard InChI is InChI=1S/C15H14Cl3NO/c1-9(19-2)12-5-4-11(8-13(12)17)20-15-6-3-10(16)7-14(15)18/h3-9,19H,1-2H3. The minimum atomic E-state index is 0.177. The third-order valence-corrected chi connectivity index (χ3v) is 3.85. The second-order valence-electron chi connectivity index (χ2n) is 4.37. The van der Waals surface area contributed by atoms with Crippen LogP contribution < -0.4 is 10.1 Å². The zero-order chi connectivity index (χ0) is 14.7. The number of hydrogen-bond donors (Lipinski definition) is 1. The number of rotatable bonds is 4. The number of benzene rings is 2. The summed E-state index contributed by atoms with van der Waals surface area (Å²) in [5.74, 6) is 1.17. The van der Waals surface area contributed by atoms with Crippen molar-refractivity contribution in [3.05, 3.63) is 57.0 Å². The third kappa shape index (κ3) is 3.58. The molecule has 20 heavy (non-hydrogen) atoms. The van der Waals surface area contributed by atoms with E-state index in [4.69, 9.17) is 39.5 Å². The van der Waals surface area contributed by atoms with Gasteiger partial charge in [0.2, 0.25) is 0 Å². The van der Waals surface area contributed by atoms with Crippen LogP contribution in [0.4, 0.5) is 0 Å². The summed E-state index contributed by atoms with van der Waals surface area (Å²) in [5.41, 5.74) is 1.02. The second-order valence-corrected chi connectivity index (χ2v) is 5.62. The van der Waals surface area contributed by atoms with Crippen LogP contribution in [-0.2, 0) is 0 Å². The van der Waals surface area contributed by atoms with Crippen LogP contribution in [0.2, 0.25) is 15.1 Å². The largest absolute Gasteiger partial charge is 0.456 e. The van der Waals surface area contributed by atoms with Crippen molar-refractivity contribution < 1.29 is 4.74 Å². The van der Waals surface area contributed by atoms with Gasteiger partial charge in [0.05, 0.1) is 5.02 Å². The second kappa shape index (κ2) is 6.68. The molecule has 0 bridgehead atoms. The van der Waals surface area contributed by atoms with E-state index < -0.39 is 0 Å². The molecule has 106 valence electrons. The van der Waals surface area contributed by atoms with E-state index in [9.17, 15) is 0 Å². The fourth-order valence-corrected chi connectivity index (χ4v) is 2.54. The Labute approximate surface area is 133 Å². The first-order chi connectivity index (χ1) is 9.51. The van der Waals surface area contributed by atoms with E-state index >= 15 is 0 Å². The molecule has 0 aliphatic rings. The van der Waals surface area contributed by atoms with Crippen LogP contribution in [0, 0.1) is 0 Å². The lowest BCUT2D eigenvalue weighted by molar-refractivity contribution is 0.482. The first kappa shape index (κ1) is 15.5. The van der Waals surface area contributed by atoms with Crippen LogP contribution >= 0.6 is 34.8 Å². The molecule has 0 saturated carbocycles. The molecule has 5 heteroatoms. The SMILES string of the molecule is CNC(C)c1ccc(Oc2ccc(Cl)cc2Cl)cc1Cl. The molecule has 0 radical (unpaired) electrons. The maximum Gasteiger partial charge on any atom is 0.146 e. The molecule has 0 spiro atoms. The van der Waals surface area contributed by atoms with Crippen LogP contribution in [-0.4, -0.2) is 7.05 Å². The van der Waals surface area contributed by atoms with Gasteiger partial charge in [0, 0.05) is 16.1 Å². The molecule has 0 fully saturated rings. The van der Waals surface area contributed by atoms with Crippen molar-refractivity contribution in [1.82, 2.24) is 5.32 Å².